The minimum atomic E-state index is -1.20. The van der Waals surface area contributed by atoms with Crippen LogP contribution in [0.2, 0.25) is 0 Å². The van der Waals surface area contributed by atoms with Crippen molar-refractivity contribution in [2.45, 2.75) is 25.4 Å². The number of aromatic carboxylic acids is 1. The van der Waals surface area contributed by atoms with Crippen molar-refractivity contribution in [1.29, 1.82) is 0 Å². The van der Waals surface area contributed by atoms with Crippen LogP contribution in [0.15, 0.2) is 158 Å². The number of benzene rings is 5. The first-order chi connectivity index (χ1) is 24.1. The van der Waals surface area contributed by atoms with E-state index >= 15 is 0 Å². The smallest absolute Gasteiger partial charge is 0.184 e. The summed E-state index contributed by atoms with van der Waals surface area (Å²) in [6.45, 7) is 2.44. The maximum absolute atomic E-state index is 11.9. The Kier molecular flexibility index (Phi) is 8.80. The molecule has 7 nitrogen and oxygen atoms in total. The molecule has 0 amide bonds. The molecule has 2 heterocycles. The lowest BCUT2D eigenvalue weighted by atomic mass is 9.77. The van der Waals surface area contributed by atoms with Gasteiger partial charge in [0.05, 0.1) is 11.7 Å². The van der Waals surface area contributed by atoms with E-state index < -0.39 is 11.5 Å². The number of aromatic nitrogens is 5. The van der Waals surface area contributed by atoms with E-state index in [4.69, 9.17) is 5.21 Å². The highest BCUT2D eigenvalue weighted by Gasteiger charge is 2.42. The Labute approximate surface area is 285 Å². The van der Waals surface area contributed by atoms with Crippen molar-refractivity contribution in [3.05, 3.63) is 191 Å². The molecule has 7 rings (SSSR count). The molecule has 0 saturated carbocycles. The van der Waals surface area contributed by atoms with E-state index in [0.29, 0.717) is 12.4 Å². The van der Waals surface area contributed by atoms with E-state index in [1.54, 1.807) is 10.6 Å². The van der Waals surface area contributed by atoms with Gasteiger partial charge in [0, 0.05) is 17.8 Å². The molecule has 7 aromatic rings. The maximum atomic E-state index is 11.9. The number of hydrogen-bond donors (Lipinski definition) is 0. The third kappa shape index (κ3) is 5.87. The number of carbonyl (C=O) groups is 1. The summed E-state index contributed by atoms with van der Waals surface area (Å²) in [5.74, 6) is -0.577. The van der Waals surface area contributed by atoms with Crippen LogP contribution in [0.4, 0.5) is 0 Å². The van der Waals surface area contributed by atoms with Crippen molar-refractivity contribution in [2.75, 3.05) is 0 Å². The van der Waals surface area contributed by atoms with Crippen molar-refractivity contribution in [3.63, 3.8) is 0 Å². The molecule has 7 heteroatoms. The molecular formula is C42H34N5O2-. The minimum absolute atomic E-state index is 0.149. The van der Waals surface area contributed by atoms with Crippen LogP contribution in [-0.2, 0) is 12.1 Å². The molecule has 0 unspecified atom stereocenters. The fraction of sp³-hybridized carbons (Fsp3) is 0.0952. The summed E-state index contributed by atoms with van der Waals surface area (Å²) in [6.07, 6.45) is 4.81. The van der Waals surface area contributed by atoms with Gasteiger partial charge in [0.25, 0.3) is 0 Å². The summed E-state index contributed by atoms with van der Waals surface area (Å²) in [5, 5.41) is 25.6. The van der Waals surface area contributed by atoms with Gasteiger partial charge in [-0.2, -0.15) is 0 Å². The number of nitrogens with zero attached hydrogens (tertiary/aromatic N) is 5. The number of carbonyl (C=O) groups excluding carboxylic acids is 1. The molecule has 0 aliphatic rings. The Morgan fingerprint density at radius 2 is 1.24 bits per heavy atom. The first-order valence-corrected chi connectivity index (χ1v) is 16.3. The normalized spacial score (nSPS) is 11.6. The van der Waals surface area contributed by atoms with Crippen LogP contribution in [-0.4, -0.2) is 30.7 Å². The minimum Gasteiger partial charge on any atom is -0.543 e. The predicted molar refractivity (Wildman–Crippen MR) is 190 cm³/mol. The van der Waals surface area contributed by atoms with Crippen LogP contribution in [0.3, 0.4) is 0 Å². The lowest BCUT2D eigenvalue weighted by molar-refractivity contribution is -0.255. The standard InChI is InChI=1S/C42H35N5O2/c1-2-3-21-36-28-29-39(41(48)49)46(36)30-31-24-26-32(27-25-31)37-22-13-14-23-38(37)40-43-44-45-47(40)42(33-15-7-4-8-16-33,34-17-9-5-10-18-34)35-19-11-6-12-20-35/h3-29H,2,30H2,1H3,(H,48,49)/p-1/b21-3+. The lowest BCUT2D eigenvalue weighted by Crippen LogP contribution is -2.39. The average Bonchev–Trinajstić information content (AvgIpc) is 3.81. The van der Waals surface area contributed by atoms with Gasteiger partial charge in [0.1, 0.15) is 5.54 Å². The molecule has 0 fully saturated rings. The summed E-state index contributed by atoms with van der Waals surface area (Å²) >= 11 is 0. The van der Waals surface area contributed by atoms with E-state index in [0.717, 1.165) is 51.1 Å². The van der Waals surface area contributed by atoms with Crippen LogP contribution in [0, 0.1) is 0 Å². The summed E-state index contributed by atoms with van der Waals surface area (Å²) < 4.78 is 3.72. The first-order valence-electron chi connectivity index (χ1n) is 16.3. The average molecular weight is 641 g/mol. The summed E-state index contributed by atoms with van der Waals surface area (Å²) in [6, 6.07) is 50.8. The predicted octanol–water partition coefficient (Wildman–Crippen LogP) is 7.48. The molecule has 240 valence electrons. The van der Waals surface area contributed by atoms with Crippen molar-refractivity contribution in [1.82, 2.24) is 24.8 Å². The van der Waals surface area contributed by atoms with Crippen molar-refractivity contribution in [3.8, 4) is 22.5 Å². The fourth-order valence-electron chi connectivity index (χ4n) is 6.61. The molecule has 49 heavy (non-hydrogen) atoms. The highest BCUT2D eigenvalue weighted by molar-refractivity contribution is 5.85. The highest BCUT2D eigenvalue weighted by Crippen LogP contribution is 2.43. The molecular weight excluding hydrogens is 606 g/mol. The second kappa shape index (κ2) is 13.8. The second-order valence-electron chi connectivity index (χ2n) is 11.8. The number of carboxylic acid groups (broad SMARTS) is 1. The van der Waals surface area contributed by atoms with Crippen LogP contribution in [0.25, 0.3) is 28.6 Å². The SMILES string of the molecule is CC/C=C/c1ccc(C(=O)[O-])n1Cc1ccc(-c2ccccc2-c2nnnn2C(c2ccccc2)(c2ccccc2)c2ccccc2)cc1. The van der Waals surface area contributed by atoms with Gasteiger partial charge in [0.2, 0.25) is 0 Å². The molecule has 0 saturated heterocycles. The van der Waals surface area contributed by atoms with Crippen LogP contribution in [0.1, 0.15) is 51.8 Å². The molecule has 5 aromatic carbocycles. The van der Waals surface area contributed by atoms with E-state index in [2.05, 4.69) is 71.0 Å². The fourth-order valence-corrected chi connectivity index (χ4v) is 6.61. The zero-order valence-corrected chi connectivity index (χ0v) is 27.1. The van der Waals surface area contributed by atoms with Crippen LogP contribution < -0.4 is 5.11 Å². The van der Waals surface area contributed by atoms with Crippen LogP contribution in [0.5, 0.6) is 0 Å². The Bertz CT molecular complexity index is 2110. The van der Waals surface area contributed by atoms with E-state index in [1.165, 1.54) is 0 Å². The topological polar surface area (TPSA) is 88.7 Å². The maximum Gasteiger partial charge on any atom is 0.184 e. The van der Waals surface area contributed by atoms with Crippen LogP contribution >= 0.6 is 0 Å². The number of carboxylic acids is 1. The van der Waals surface area contributed by atoms with Gasteiger partial charge in [-0.3, -0.25) is 0 Å². The zero-order chi connectivity index (χ0) is 33.6. The molecule has 0 spiro atoms. The summed E-state index contributed by atoms with van der Waals surface area (Å²) in [7, 11) is 0. The third-order valence-electron chi connectivity index (χ3n) is 8.88. The summed E-state index contributed by atoms with van der Waals surface area (Å²) in [4.78, 5) is 11.9. The van der Waals surface area contributed by atoms with Gasteiger partial charge in [0.15, 0.2) is 5.82 Å². The van der Waals surface area contributed by atoms with E-state index in [9.17, 15) is 9.90 Å². The highest BCUT2D eigenvalue weighted by atomic mass is 16.4. The van der Waals surface area contributed by atoms with E-state index in [-0.39, 0.29) is 5.69 Å². The van der Waals surface area contributed by atoms with Gasteiger partial charge < -0.3 is 14.5 Å². The molecule has 0 radical (unpaired) electrons. The number of allylic oxidation sites excluding steroid dienone is 1. The van der Waals surface area contributed by atoms with Crippen molar-refractivity contribution < 1.29 is 9.90 Å². The van der Waals surface area contributed by atoms with E-state index in [1.807, 2.05) is 109 Å². The van der Waals surface area contributed by atoms with Gasteiger partial charge >= 0.3 is 0 Å². The Morgan fingerprint density at radius 1 is 0.694 bits per heavy atom. The largest absolute Gasteiger partial charge is 0.543 e. The monoisotopic (exact) mass is 640 g/mol. The molecule has 0 aliphatic heterocycles. The van der Waals surface area contributed by atoms with Crippen molar-refractivity contribution >= 4 is 12.0 Å². The third-order valence-corrected chi connectivity index (χ3v) is 8.88. The van der Waals surface area contributed by atoms with Gasteiger partial charge in [-0.15, -0.1) is 5.10 Å². The second-order valence-corrected chi connectivity index (χ2v) is 11.8. The molecule has 0 atom stereocenters. The van der Waals surface area contributed by atoms with Gasteiger partial charge in [-0.25, -0.2) is 4.68 Å². The summed E-state index contributed by atoms with van der Waals surface area (Å²) in [5.41, 5.74) is 6.96. The quantitative estimate of drug-likeness (QED) is 0.137. The molecule has 0 aliphatic carbocycles. The first kappa shape index (κ1) is 31.3. The Hall–Kier alpha value is -6.34. The molecule has 0 N–H and O–H groups in total. The Balaban J connectivity index is 1.34. The van der Waals surface area contributed by atoms with Gasteiger partial charge in [-0.05, 0) is 68.4 Å². The molecule has 0 bridgehead atoms. The number of hydrogen-bond acceptors (Lipinski definition) is 5. The Morgan fingerprint density at radius 3 is 1.80 bits per heavy atom. The zero-order valence-electron chi connectivity index (χ0n) is 27.1. The lowest BCUT2D eigenvalue weighted by Gasteiger charge is -2.36. The van der Waals surface area contributed by atoms with Crippen molar-refractivity contribution in [2.24, 2.45) is 0 Å². The number of rotatable bonds is 11. The molecule has 2 aromatic heterocycles. The van der Waals surface area contributed by atoms with Gasteiger partial charge in [-0.1, -0.05) is 153 Å². The number of tetrazole rings is 1.